The normalized spacial score (nSPS) is 18.1. The van der Waals surface area contributed by atoms with Crippen molar-refractivity contribution in [1.29, 1.82) is 0 Å². The Bertz CT molecular complexity index is 3930. The molecule has 4 aromatic carbocycles. The van der Waals surface area contributed by atoms with Crippen molar-refractivity contribution >= 4 is 59.5 Å². The first-order valence-corrected chi connectivity index (χ1v) is 32.6. The van der Waals surface area contributed by atoms with Crippen molar-refractivity contribution in [3.8, 4) is 44.8 Å². The second-order valence-electron chi connectivity index (χ2n) is 26.4. The van der Waals surface area contributed by atoms with E-state index in [0.29, 0.717) is 30.6 Å². The van der Waals surface area contributed by atoms with E-state index in [4.69, 9.17) is 28.9 Å². The summed E-state index contributed by atoms with van der Waals surface area (Å²) in [6.07, 6.45) is 11.2. The molecule has 508 valence electrons. The number of aliphatic hydroxyl groups excluding tert-OH is 1. The Morgan fingerprint density at radius 2 is 1.10 bits per heavy atom. The molecule has 4 atom stereocenters. The lowest BCUT2D eigenvalue weighted by atomic mass is 9.86. The van der Waals surface area contributed by atoms with Gasteiger partial charge < -0.3 is 54.8 Å². The average Bonchev–Trinajstić information content (AvgIpc) is 1.23. The molecule has 0 radical (unpaired) electrons. The van der Waals surface area contributed by atoms with Crippen LogP contribution >= 0.6 is 0 Å². The number of esters is 4. The Morgan fingerprint density at radius 3 is 1.53 bits per heavy atom. The molecular formula is C75H86F2N6O13. The van der Waals surface area contributed by atoms with Crippen LogP contribution in [0.25, 0.3) is 56.9 Å². The lowest BCUT2D eigenvalue weighted by molar-refractivity contribution is -0.290. The van der Waals surface area contributed by atoms with Gasteiger partial charge in [0, 0.05) is 46.5 Å². The van der Waals surface area contributed by atoms with E-state index in [0.717, 1.165) is 122 Å². The van der Waals surface area contributed by atoms with E-state index in [2.05, 4.69) is 64.5 Å². The summed E-state index contributed by atoms with van der Waals surface area (Å²) < 4.78 is 61.0. The van der Waals surface area contributed by atoms with Crippen molar-refractivity contribution in [2.75, 3.05) is 37.9 Å². The number of amides is 4. The second kappa shape index (κ2) is 31.1. The molecular weight excluding hydrogens is 1230 g/mol. The van der Waals surface area contributed by atoms with E-state index in [-0.39, 0.29) is 61.5 Å². The Labute approximate surface area is 559 Å². The molecule has 10 rings (SSSR count). The molecule has 4 amide bonds. The topological polar surface area (TPSA) is 252 Å². The number of methoxy groups -OCH3 is 2. The zero-order valence-corrected chi connectivity index (χ0v) is 56.3. The number of pyridine rings is 2. The molecule has 4 aliphatic rings. The number of hydrogen-bond acceptors (Lipinski definition) is 15. The molecule has 0 bridgehead atoms. The number of nitrogens with zero attached hydrogens (tertiary/aromatic N) is 2. The lowest BCUT2D eigenvalue weighted by Gasteiger charge is -2.40. The van der Waals surface area contributed by atoms with Crippen LogP contribution in [0, 0.1) is 11.6 Å². The number of urea groups is 2. The summed E-state index contributed by atoms with van der Waals surface area (Å²) in [6, 6.07) is 23.4. The number of aliphatic hydroxyl groups is 1. The highest BCUT2D eigenvalue weighted by molar-refractivity contribution is 5.94. The molecule has 96 heavy (non-hydrogen) atoms. The van der Waals surface area contributed by atoms with Crippen LogP contribution in [-0.2, 0) is 73.3 Å². The predicted molar refractivity (Wildman–Crippen MR) is 363 cm³/mol. The molecule has 2 saturated heterocycles. The minimum absolute atomic E-state index is 0.0162. The number of aromatic nitrogens is 2. The van der Waals surface area contributed by atoms with Crippen LogP contribution in [0.5, 0.6) is 0 Å². The molecule has 0 saturated carbocycles. The van der Waals surface area contributed by atoms with Gasteiger partial charge in [0.1, 0.15) is 36.4 Å². The van der Waals surface area contributed by atoms with Crippen molar-refractivity contribution in [1.82, 2.24) is 20.6 Å². The van der Waals surface area contributed by atoms with E-state index in [1.165, 1.54) is 38.5 Å². The van der Waals surface area contributed by atoms with Crippen LogP contribution in [0.3, 0.4) is 0 Å². The summed E-state index contributed by atoms with van der Waals surface area (Å²) >= 11 is 0. The fraction of sp³-hybridized carbons (Fsp3) is 0.413. The third kappa shape index (κ3) is 18.4. The van der Waals surface area contributed by atoms with Crippen molar-refractivity contribution in [2.45, 2.75) is 174 Å². The summed E-state index contributed by atoms with van der Waals surface area (Å²) in [5.41, 5.74) is 15.5. The highest BCUT2D eigenvalue weighted by Crippen LogP contribution is 2.45. The van der Waals surface area contributed by atoms with Gasteiger partial charge in [-0.3, -0.25) is 29.1 Å². The number of carbonyl (C=O) groups excluding carboxylic acids is 6. The van der Waals surface area contributed by atoms with Gasteiger partial charge in [-0.2, -0.15) is 0 Å². The molecule has 0 spiro atoms. The number of cyclic esters (lactones) is 1. The van der Waals surface area contributed by atoms with Gasteiger partial charge in [0.25, 0.3) is 0 Å². The van der Waals surface area contributed by atoms with Crippen molar-refractivity contribution < 1.29 is 71.1 Å². The van der Waals surface area contributed by atoms with E-state index >= 15 is 0 Å². The maximum absolute atomic E-state index is 14.3. The molecule has 0 unspecified atom stereocenters. The first kappa shape index (κ1) is 71.1. The Kier molecular flexibility index (Phi) is 23.1. The standard InChI is InChI=1S/C41H50FN3O7.C34H36FN3O6/c1-24(2)37-33(19-17-29-21-30(51-41(6,7)50-29)22-34(46)52-40(3,4)5)36(25-12-14-27(42)15-13-25)32-11-9-10-26-20-28(16-18-31(26)38(32)45-37)44-39(48)43-23-35(47)49-8;1-19(2)32-28(14-12-25-16-24(39)17-29(40)44-25)31(20-7-9-22(35)10-8-20)27-6-4-5-21-15-23(11-13-26(21)33(27)38-32)37-34(42)36-18-30(41)43-3/h12-20,24,29-30H,9-11,21-23H2,1-8H3,(H2,43,44,48);7-15,19,24-25,39H,4-6,16-18H2,1-3H3,(H2,36,37,42)/b19-17+;14-12+/t29-,30-;24-,25-/m11/s1. The maximum Gasteiger partial charge on any atom is 0.325 e. The molecule has 21 heteroatoms. The Hall–Kier alpha value is -9.18. The van der Waals surface area contributed by atoms with Gasteiger partial charge in [-0.15, -0.1) is 0 Å². The highest BCUT2D eigenvalue weighted by atomic mass is 19.1. The number of carbonyl (C=O) groups is 6. The fourth-order valence-corrected chi connectivity index (χ4v) is 12.6. The number of rotatable bonds is 16. The molecule has 2 aromatic heterocycles. The Morgan fingerprint density at radius 1 is 0.646 bits per heavy atom. The number of nitrogens with one attached hydrogen (secondary N) is 4. The SMILES string of the molecule is COC(=O)CNC(=O)Nc1ccc2c(c1)CCCc1c-2nc(C(C)C)c(/C=C/[C@@H]2C[C@@H](O)CC(=O)O2)c1-c1ccc(F)cc1.COC(=O)CNC(=O)Nc1ccc2c(c1)CCCc1c-2nc(C(C)C)c(/C=C/[C@@H]2C[C@H](CC(=O)OC(C)(C)C)OC(C)(C)O2)c1-c1ccc(F)cc1. The molecule has 2 aliphatic carbocycles. The van der Waals surface area contributed by atoms with Gasteiger partial charge in [0.15, 0.2) is 5.79 Å². The second-order valence-corrected chi connectivity index (χ2v) is 26.4. The lowest BCUT2D eigenvalue weighted by Crippen LogP contribution is -2.45. The van der Waals surface area contributed by atoms with E-state index in [1.54, 1.807) is 24.3 Å². The molecule has 2 fully saturated rings. The van der Waals surface area contributed by atoms with Gasteiger partial charge in [0.05, 0.1) is 68.1 Å². The van der Waals surface area contributed by atoms with Crippen molar-refractivity contribution in [2.24, 2.45) is 0 Å². The number of aryl methyl sites for hydroxylation is 2. The van der Waals surface area contributed by atoms with Crippen LogP contribution < -0.4 is 21.3 Å². The van der Waals surface area contributed by atoms with Gasteiger partial charge in [-0.05, 0) is 184 Å². The van der Waals surface area contributed by atoms with Gasteiger partial charge >= 0.3 is 35.9 Å². The zero-order chi connectivity index (χ0) is 69.2. The molecule has 2 aliphatic heterocycles. The third-order valence-electron chi connectivity index (χ3n) is 16.7. The largest absolute Gasteiger partial charge is 0.468 e. The van der Waals surface area contributed by atoms with E-state index in [9.17, 15) is 42.7 Å². The van der Waals surface area contributed by atoms with E-state index < -0.39 is 59.7 Å². The first-order valence-electron chi connectivity index (χ1n) is 32.6. The van der Waals surface area contributed by atoms with Crippen LogP contribution in [0.4, 0.5) is 29.7 Å². The molecule has 6 aromatic rings. The van der Waals surface area contributed by atoms with Gasteiger partial charge in [0.2, 0.25) is 0 Å². The van der Waals surface area contributed by atoms with E-state index in [1.807, 2.05) is 89.2 Å². The van der Waals surface area contributed by atoms with Crippen LogP contribution in [0.2, 0.25) is 0 Å². The fourth-order valence-electron chi connectivity index (χ4n) is 12.6. The van der Waals surface area contributed by atoms with Crippen LogP contribution in [-0.4, -0.2) is 114 Å². The quantitative estimate of drug-likeness (QED) is 0.0446. The van der Waals surface area contributed by atoms with Crippen molar-refractivity contribution in [3.05, 3.63) is 153 Å². The van der Waals surface area contributed by atoms with Crippen LogP contribution in [0.15, 0.2) is 97.1 Å². The third-order valence-corrected chi connectivity index (χ3v) is 16.7. The zero-order valence-electron chi connectivity index (χ0n) is 56.3. The van der Waals surface area contributed by atoms with Crippen LogP contribution in [0.1, 0.15) is 157 Å². The average molecular weight is 1320 g/mol. The minimum Gasteiger partial charge on any atom is -0.468 e. The highest BCUT2D eigenvalue weighted by Gasteiger charge is 2.37. The maximum atomic E-state index is 14.3. The van der Waals surface area contributed by atoms with Gasteiger partial charge in [-0.1, -0.05) is 82.3 Å². The Balaban J connectivity index is 0.000000228. The first-order chi connectivity index (χ1) is 45.6. The number of fused-ring (bicyclic) bond motifs is 6. The summed E-state index contributed by atoms with van der Waals surface area (Å²) in [5.74, 6) is -3.38. The number of hydrogen-bond donors (Lipinski definition) is 5. The predicted octanol–water partition coefficient (Wildman–Crippen LogP) is 13.7. The van der Waals surface area contributed by atoms with Crippen molar-refractivity contribution in [3.63, 3.8) is 0 Å². The minimum atomic E-state index is -0.925. The molecule has 5 N–H and O–H groups in total. The summed E-state index contributed by atoms with van der Waals surface area (Å²) in [7, 11) is 2.52. The number of benzene rings is 4. The smallest absolute Gasteiger partial charge is 0.325 e. The molecule has 4 heterocycles. The number of ether oxygens (including phenoxy) is 6. The summed E-state index contributed by atoms with van der Waals surface area (Å²) in [5, 5.41) is 20.7. The number of anilines is 2. The summed E-state index contributed by atoms with van der Waals surface area (Å²) in [6.45, 7) is 17.1. The van der Waals surface area contributed by atoms with Gasteiger partial charge in [-0.25, -0.2) is 18.4 Å². The summed E-state index contributed by atoms with van der Waals surface area (Å²) in [4.78, 5) is 82.9. The molecule has 19 nitrogen and oxygen atoms in total. The number of halogens is 2. The monoisotopic (exact) mass is 1320 g/mol.